The summed E-state index contributed by atoms with van der Waals surface area (Å²) >= 11 is 0. The molecule has 0 aliphatic rings. The van der Waals surface area contributed by atoms with E-state index >= 15 is 0 Å². The van der Waals surface area contributed by atoms with Crippen LogP contribution in [0, 0.1) is 0 Å². The van der Waals surface area contributed by atoms with Crippen molar-refractivity contribution < 1.29 is 4.52 Å². The minimum atomic E-state index is 0. The van der Waals surface area contributed by atoms with Crippen LogP contribution in [0.5, 0.6) is 0 Å². The lowest BCUT2D eigenvalue weighted by Crippen LogP contribution is -2.38. The predicted molar refractivity (Wildman–Crippen MR) is 112 cm³/mol. The minimum absolute atomic E-state index is 0. The Hall–Kier alpha value is -2.36. The zero-order chi connectivity index (χ0) is 17.5. The van der Waals surface area contributed by atoms with E-state index in [0.717, 1.165) is 29.4 Å². The van der Waals surface area contributed by atoms with Gasteiger partial charge < -0.3 is 15.2 Å². The molecule has 0 amide bonds. The van der Waals surface area contributed by atoms with E-state index in [1.54, 1.807) is 12.5 Å². The third kappa shape index (κ3) is 5.32. The highest BCUT2D eigenvalue weighted by Crippen LogP contribution is 2.16. The molecule has 2 N–H and O–H groups in total. The molecule has 0 aliphatic heterocycles. The van der Waals surface area contributed by atoms with Gasteiger partial charge in [0.1, 0.15) is 12.0 Å². The van der Waals surface area contributed by atoms with Gasteiger partial charge in [0.25, 0.3) is 0 Å². The second-order valence-electron chi connectivity index (χ2n) is 5.60. The molecule has 26 heavy (non-hydrogen) atoms. The van der Waals surface area contributed by atoms with Gasteiger partial charge in [0, 0.05) is 25.0 Å². The highest BCUT2D eigenvalue weighted by Gasteiger charge is 2.09. The van der Waals surface area contributed by atoms with Crippen LogP contribution in [0.4, 0.5) is 0 Å². The molecular weight excluding hydrogens is 443 g/mol. The molecular formula is C18H23IN6O. The number of nitrogens with one attached hydrogen (secondary N) is 2. The zero-order valence-corrected chi connectivity index (χ0v) is 17.1. The number of hydrogen-bond donors (Lipinski definition) is 2. The second-order valence-corrected chi connectivity index (χ2v) is 5.60. The largest absolute Gasteiger partial charge is 0.364 e. The van der Waals surface area contributed by atoms with Gasteiger partial charge in [0.05, 0.1) is 18.3 Å². The van der Waals surface area contributed by atoms with E-state index in [-0.39, 0.29) is 30.0 Å². The molecule has 0 fully saturated rings. The van der Waals surface area contributed by atoms with Crippen LogP contribution in [-0.2, 0) is 6.54 Å². The number of hydrogen-bond acceptors (Lipinski definition) is 4. The summed E-state index contributed by atoms with van der Waals surface area (Å²) in [6, 6.07) is 12.1. The van der Waals surface area contributed by atoms with Gasteiger partial charge >= 0.3 is 0 Å². The molecule has 0 bridgehead atoms. The van der Waals surface area contributed by atoms with Crippen LogP contribution in [0.15, 0.2) is 64.6 Å². The van der Waals surface area contributed by atoms with Crippen LogP contribution < -0.4 is 10.6 Å². The molecule has 2 aromatic heterocycles. The number of benzene rings is 1. The second kappa shape index (κ2) is 9.95. The van der Waals surface area contributed by atoms with Gasteiger partial charge in [0.15, 0.2) is 5.96 Å². The number of guanidine groups is 1. The van der Waals surface area contributed by atoms with Crippen LogP contribution in [0.3, 0.4) is 0 Å². The molecule has 7 nitrogen and oxygen atoms in total. The number of nitrogens with zero attached hydrogens (tertiary/aromatic N) is 4. The van der Waals surface area contributed by atoms with Crippen LogP contribution in [-0.4, -0.2) is 27.4 Å². The van der Waals surface area contributed by atoms with Gasteiger partial charge in [-0.15, -0.1) is 24.0 Å². The lowest BCUT2D eigenvalue weighted by Gasteiger charge is -2.18. The fourth-order valence-corrected chi connectivity index (χ4v) is 2.45. The Morgan fingerprint density at radius 2 is 2.19 bits per heavy atom. The van der Waals surface area contributed by atoms with Crippen molar-refractivity contribution in [3.05, 3.63) is 66.3 Å². The summed E-state index contributed by atoms with van der Waals surface area (Å²) in [5, 5.41) is 14.8. The zero-order valence-electron chi connectivity index (χ0n) is 14.8. The fourth-order valence-electron chi connectivity index (χ4n) is 2.45. The molecule has 1 unspecified atom stereocenters. The van der Waals surface area contributed by atoms with Crippen molar-refractivity contribution in [2.24, 2.45) is 4.99 Å². The van der Waals surface area contributed by atoms with Crippen molar-refractivity contribution in [3.63, 3.8) is 0 Å². The molecule has 0 radical (unpaired) electrons. The highest BCUT2D eigenvalue weighted by molar-refractivity contribution is 14.0. The van der Waals surface area contributed by atoms with E-state index in [1.807, 2.05) is 42.1 Å². The Bertz CT molecular complexity index is 801. The predicted octanol–water partition coefficient (Wildman–Crippen LogP) is 3.29. The summed E-state index contributed by atoms with van der Waals surface area (Å²) in [6.07, 6.45) is 5.25. The van der Waals surface area contributed by atoms with Crippen molar-refractivity contribution >= 4 is 29.9 Å². The topological polar surface area (TPSA) is 80.3 Å². The highest BCUT2D eigenvalue weighted by atomic mass is 127. The quantitative estimate of drug-likeness (QED) is 0.331. The van der Waals surface area contributed by atoms with E-state index in [2.05, 4.69) is 44.9 Å². The Labute approximate surface area is 169 Å². The first kappa shape index (κ1) is 20.0. The molecule has 138 valence electrons. The molecule has 0 aliphatic carbocycles. The molecule has 0 saturated carbocycles. The van der Waals surface area contributed by atoms with Gasteiger partial charge in [-0.05, 0) is 37.6 Å². The number of rotatable bonds is 6. The number of aromatic nitrogens is 3. The summed E-state index contributed by atoms with van der Waals surface area (Å²) in [6.45, 7) is 5.39. The third-order valence-electron chi connectivity index (χ3n) is 3.73. The molecule has 0 spiro atoms. The minimum Gasteiger partial charge on any atom is -0.364 e. The van der Waals surface area contributed by atoms with Crippen LogP contribution in [0.1, 0.15) is 31.1 Å². The van der Waals surface area contributed by atoms with E-state index < -0.39 is 0 Å². The first-order chi connectivity index (χ1) is 12.3. The van der Waals surface area contributed by atoms with Crippen molar-refractivity contribution in [1.82, 2.24) is 25.6 Å². The van der Waals surface area contributed by atoms with Gasteiger partial charge in [-0.3, -0.25) is 0 Å². The Balaban J connectivity index is 0.00000243. The third-order valence-corrected chi connectivity index (χ3v) is 3.73. The summed E-state index contributed by atoms with van der Waals surface area (Å²) < 4.78 is 6.68. The van der Waals surface area contributed by atoms with E-state index in [1.165, 1.54) is 0 Å². The summed E-state index contributed by atoms with van der Waals surface area (Å²) in [7, 11) is 0. The van der Waals surface area contributed by atoms with Crippen molar-refractivity contribution in [2.75, 3.05) is 6.54 Å². The Morgan fingerprint density at radius 3 is 2.88 bits per heavy atom. The molecule has 1 aromatic carbocycles. The summed E-state index contributed by atoms with van der Waals surface area (Å²) in [5.74, 6) is 0.738. The average molecular weight is 466 g/mol. The fraction of sp³-hybridized carbons (Fsp3) is 0.278. The lowest BCUT2D eigenvalue weighted by molar-refractivity contribution is 0.412. The van der Waals surface area contributed by atoms with Crippen molar-refractivity contribution in [3.8, 4) is 5.69 Å². The maximum atomic E-state index is 4.84. The summed E-state index contributed by atoms with van der Waals surface area (Å²) in [5.41, 5.74) is 2.98. The summed E-state index contributed by atoms with van der Waals surface area (Å²) in [4.78, 5) is 4.55. The molecule has 3 aromatic rings. The molecule has 8 heteroatoms. The van der Waals surface area contributed by atoms with Gasteiger partial charge in [0.2, 0.25) is 0 Å². The standard InChI is InChI=1S/C18H22N6O.HI/c1-3-19-18(20-13-16-8-11-25-23-16)22-14(2)15-6-4-7-17(12-15)24-10-5-9-21-24;/h4-12,14H,3,13H2,1-2H3,(H2,19,20,22);1H. The molecule has 0 saturated heterocycles. The monoisotopic (exact) mass is 466 g/mol. The Morgan fingerprint density at radius 1 is 1.31 bits per heavy atom. The maximum absolute atomic E-state index is 4.84. The smallest absolute Gasteiger partial charge is 0.192 e. The lowest BCUT2D eigenvalue weighted by atomic mass is 10.1. The van der Waals surface area contributed by atoms with E-state index in [4.69, 9.17) is 4.52 Å². The first-order valence-corrected chi connectivity index (χ1v) is 8.30. The van der Waals surface area contributed by atoms with Crippen LogP contribution in [0.25, 0.3) is 5.69 Å². The molecule has 2 heterocycles. The SMILES string of the molecule is CCNC(=NCc1ccon1)NC(C)c1cccc(-n2cccn2)c1.I. The first-order valence-electron chi connectivity index (χ1n) is 8.30. The maximum Gasteiger partial charge on any atom is 0.192 e. The number of halogens is 1. The van der Waals surface area contributed by atoms with E-state index in [0.29, 0.717) is 6.54 Å². The van der Waals surface area contributed by atoms with Gasteiger partial charge in [-0.2, -0.15) is 5.10 Å². The number of aliphatic imine (C=N–C) groups is 1. The molecule has 3 rings (SSSR count). The average Bonchev–Trinajstić information content (AvgIpc) is 3.33. The van der Waals surface area contributed by atoms with Crippen molar-refractivity contribution in [1.29, 1.82) is 0 Å². The van der Waals surface area contributed by atoms with Crippen LogP contribution in [0.2, 0.25) is 0 Å². The van der Waals surface area contributed by atoms with Crippen molar-refractivity contribution in [2.45, 2.75) is 26.4 Å². The Kier molecular flexibility index (Phi) is 7.64. The van der Waals surface area contributed by atoms with Gasteiger partial charge in [-0.1, -0.05) is 17.3 Å². The molecule has 1 atom stereocenters. The van der Waals surface area contributed by atoms with E-state index in [9.17, 15) is 0 Å². The van der Waals surface area contributed by atoms with Crippen LogP contribution >= 0.6 is 24.0 Å². The normalized spacial score (nSPS) is 12.3. The van der Waals surface area contributed by atoms with Gasteiger partial charge in [-0.25, -0.2) is 9.67 Å².